The Bertz CT molecular complexity index is 970. The average Bonchev–Trinajstić information content (AvgIpc) is 3.23. The summed E-state index contributed by atoms with van der Waals surface area (Å²) in [6.07, 6.45) is 0. The Balaban J connectivity index is 1.92. The van der Waals surface area contributed by atoms with Gasteiger partial charge in [-0.3, -0.25) is 4.79 Å². The Kier molecular flexibility index (Phi) is 3.59. The summed E-state index contributed by atoms with van der Waals surface area (Å²) in [6, 6.07) is 20.4. The van der Waals surface area contributed by atoms with E-state index >= 15 is 0 Å². The fraction of sp³-hybridized carbons (Fsp3) is 0. The molecule has 1 N–H and O–H groups in total. The molecule has 24 heavy (non-hydrogen) atoms. The van der Waals surface area contributed by atoms with Crippen LogP contribution in [0.5, 0.6) is 0 Å². The third-order valence-corrected chi connectivity index (χ3v) is 4.76. The molecule has 3 aromatic rings. The molecular weight excluding hydrogens is 318 g/mol. The normalized spacial score (nSPS) is 14.2. The fourth-order valence-electron chi connectivity index (χ4n) is 2.76. The Morgan fingerprint density at radius 2 is 1.58 bits per heavy atom. The lowest BCUT2D eigenvalue weighted by Crippen LogP contribution is -2.11. The maximum absolute atomic E-state index is 12.8. The summed E-state index contributed by atoms with van der Waals surface area (Å²) < 4.78 is 0. The second kappa shape index (κ2) is 5.91. The average molecular weight is 331 g/mol. The van der Waals surface area contributed by atoms with Crippen molar-refractivity contribution in [2.24, 2.45) is 4.99 Å². The van der Waals surface area contributed by atoms with Crippen LogP contribution in [-0.4, -0.2) is 16.6 Å². The zero-order chi connectivity index (χ0) is 16.5. The number of rotatable bonds is 3. The van der Waals surface area contributed by atoms with Gasteiger partial charge >= 0.3 is 0 Å². The molecule has 4 rings (SSSR count). The highest BCUT2D eigenvalue weighted by Crippen LogP contribution is 2.34. The van der Waals surface area contributed by atoms with E-state index in [0.717, 1.165) is 10.6 Å². The lowest BCUT2D eigenvalue weighted by Gasteiger charge is -2.06. The number of hydrogen-bond acceptors (Lipinski definition) is 4. The lowest BCUT2D eigenvalue weighted by molar-refractivity contribution is 0.104. The van der Waals surface area contributed by atoms with Crippen LogP contribution in [0.2, 0.25) is 0 Å². The number of Topliss-reactive ketones (excluding diaryl/α,β-unsaturated/α-hetero) is 1. The van der Waals surface area contributed by atoms with Gasteiger partial charge in [0.05, 0.1) is 21.8 Å². The van der Waals surface area contributed by atoms with Gasteiger partial charge in [0, 0.05) is 11.1 Å². The SMILES string of the molecule is O=C1C(C(=Nc2ccccc2)c2cccs2)=C(O)c2ccccc21. The van der Waals surface area contributed by atoms with Crippen molar-refractivity contribution >= 4 is 34.3 Å². The van der Waals surface area contributed by atoms with Crippen LogP contribution in [0.15, 0.2) is 82.7 Å². The van der Waals surface area contributed by atoms with E-state index in [2.05, 4.69) is 4.99 Å². The summed E-state index contributed by atoms with van der Waals surface area (Å²) in [6.45, 7) is 0. The van der Waals surface area contributed by atoms with Crippen molar-refractivity contribution in [1.29, 1.82) is 0 Å². The van der Waals surface area contributed by atoms with Gasteiger partial charge in [0.2, 0.25) is 0 Å². The molecule has 0 amide bonds. The minimum Gasteiger partial charge on any atom is -0.506 e. The van der Waals surface area contributed by atoms with Crippen molar-refractivity contribution in [2.75, 3.05) is 0 Å². The summed E-state index contributed by atoms with van der Waals surface area (Å²) in [5, 5.41) is 12.6. The molecule has 0 fully saturated rings. The summed E-state index contributed by atoms with van der Waals surface area (Å²) in [5.41, 5.74) is 2.60. The minimum atomic E-state index is -0.189. The van der Waals surface area contributed by atoms with Crippen molar-refractivity contribution in [3.63, 3.8) is 0 Å². The third-order valence-electron chi connectivity index (χ3n) is 3.88. The maximum atomic E-state index is 12.8. The predicted octanol–water partition coefficient (Wildman–Crippen LogP) is 5.03. The number of nitrogens with zero attached hydrogens (tertiary/aromatic N) is 1. The van der Waals surface area contributed by atoms with Crippen molar-refractivity contribution in [3.8, 4) is 0 Å². The number of aliphatic hydroxyl groups is 1. The zero-order valence-electron chi connectivity index (χ0n) is 12.6. The highest BCUT2D eigenvalue weighted by Gasteiger charge is 2.33. The van der Waals surface area contributed by atoms with Gasteiger partial charge in [-0.25, -0.2) is 4.99 Å². The largest absolute Gasteiger partial charge is 0.506 e. The van der Waals surface area contributed by atoms with Crippen LogP contribution in [0, 0.1) is 0 Å². The molecule has 116 valence electrons. The number of carbonyl (C=O) groups is 1. The van der Waals surface area contributed by atoms with E-state index in [-0.39, 0.29) is 17.1 Å². The first kappa shape index (κ1) is 14.6. The first-order chi connectivity index (χ1) is 11.8. The predicted molar refractivity (Wildman–Crippen MR) is 97.3 cm³/mol. The minimum absolute atomic E-state index is 0.00122. The van der Waals surface area contributed by atoms with E-state index in [1.807, 2.05) is 53.9 Å². The highest BCUT2D eigenvalue weighted by atomic mass is 32.1. The van der Waals surface area contributed by atoms with Crippen molar-refractivity contribution in [3.05, 3.63) is 93.7 Å². The number of benzene rings is 2. The second-order valence-electron chi connectivity index (χ2n) is 5.37. The number of ketones is 1. The van der Waals surface area contributed by atoms with Gasteiger partial charge in [-0.05, 0) is 23.6 Å². The van der Waals surface area contributed by atoms with E-state index in [9.17, 15) is 9.90 Å². The summed E-state index contributed by atoms with van der Waals surface area (Å²) in [4.78, 5) is 18.3. The number of aliphatic imine (C=N–C) groups is 1. The van der Waals surface area contributed by atoms with Crippen molar-refractivity contribution in [2.45, 2.75) is 0 Å². The lowest BCUT2D eigenvalue weighted by atomic mass is 10.0. The molecule has 0 saturated heterocycles. The number of para-hydroxylation sites is 1. The third kappa shape index (κ3) is 2.37. The Labute approximate surface area is 143 Å². The molecule has 1 aromatic heterocycles. The second-order valence-corrected chi connectivity index (χ2v) is 6.32. The van der Waals surface area contributed by atoms with E-state index < -0.39 is 0 Å². The zero-order valence-corrected chi connectivity index (χ0v) is 13.5. The Morgan fingerprint density at radius 1 is 0.875 bits per heavy atom. The monoisotopic (exact) mass is 331 g/mol. The molecule has 0 atom stereocenters. The Hall–Kier alpha value is -2.98. The Morgan fingerprint density at radius 3 is 2.25 bits per heavy atom. The molecular formula is C20H13NO2S. The number of hydrogen-bond donors (Lipinski definition) is 1. The van der Waals surface area contributed by atoms with Crippen molar-refractivity contribution < 1.29 is 9.90 Å². The summed E-state index contributed by atoms with van der Waals surface area (Å²) in [5.74, 6) is -0.190. The van der Waals surface area contributed by atoms with E-state index in [4.69, 9.17) is 0 Å². The molecule has 0 bridgehead atoms. The van der Waals surface area contributed by atoms with Crippen LogP contribution >= 0.6 is 11.3 Å². The number of allylic oxidation sites excluding steroid dienone is 1. The van der Waals surface area contributed by atoms with Crippen LogP contribution < -0.4 is 0 Å². The number of carbonyl (C=O) groups excluding carboxylic acids is 1. The van der Waals surface area contributed by atoms with Crippen LogP contribution in [-0.2, 0) is 0 Å². The molecule has 2 aromatic carbocycles. The van der Waals surface area contributed by atoms with Gasteiger partial charge in [-0.1, -0.05) is 48.5 Å². The molecule has 1 aliphatic rings. The van der Waals surface area contributed by atoms with E-state index in [1.165, 1.54) is 11.3 Å². The first-order valence-corrected chi connectivity index (χ1v) is 8.39. The molecule has 0 unspecified atom stereocenters. The maximum Gasteiger partial charge on any atom is 0.199 e. The summed E-state index contributed by atoms with van der Waals surface area (Å²) >= 11 is 1.49. The molecule has 1 heterocycles. The number of thiophene rings is 1. The topological polar surface area (TPSA) is 49.7 Å². The van der Waals surface area contributed by atoms with Crippen LogP contribution in [0.25, 0.3) is 5.76 Å². The van der Waals surface area contributed by atoms with Gasteiger partial charge in [0.15, 0.2) is 5.78 Å². The van der Waals surface area contributed by atoms with E-state index in [0.29, 0.717) is 16.8 Å². The first-order valence-electron chi connectivity index (χ1n) is 7.51. The highest BCUT2D eigenvalue weighted by molar-refractivity contribution is 7.12. The molecule has 0 spiro atoms. The standard InChI is InChI=1S/C20H13NO2S/c22-19-14-9-4-5-10-15(14)20(23)17(19)18(16-11-6-12-24-16)21-13-7-2-1-3-8-13/h1-12,22H. The fourth-order valence-corrected chi connectivity index (χ4v) is 3.48. The molecule has 1 aliphatic carbocycles. The summed E-state index contributed by atoms with van der Waals surface area (Å²) in [7, 11) is 0. The van der Waals surface area contributed by atoms with Crippen LogP contribution in [0.3, 0.4) is 0 Å². The van der Waals surface area contributed by atoms with Gasteiger partial charge in [0.25, 0.3) is 0 Å². The van der Waals surface area contributed by atoms with Crippen LogP contribution in [0.1, 0.15) is 20.8 Å². The molecule has 0 aliphatic heterocycles. The van der Waals surface area contributed by atoms with E-state index in [1.54, 1.807) is 18.2 Å². The molecule has 3 nitrogen and oxygen atoms in total. The molecule has 4 heteroatoms. The quantitative estimate of drug-likeness (QED) is 0.684. The molecule has 0 radical (unpaired) electrons. The number of aliphatic hydroxyl groups excluding tert-OH is 1. The van der Waals surface area contributed by atoms with Gasteiger partial charge < -0.3 is 5.11 Å². The van der Waals surface area contributed by atoms with Gasteiger partial charge in [-0.2, -0.15) is 0 Å². The molecule has 0 saturated carbocycles. The smallest absolute Gasteiger partial charge is 0.199 e. The number of fused-ring (bicyclic) bond motifs is 1. The van der Waals surface area contributed by atoms with Gasteiger partial charge in [0.1, 0.15) is 5.76 Å². The van der Waals surface area contributed by atoms with Crippen LogP contribution in [0.4, 0.5) is 5.69 Å². The van der Waals surface area contributed by atoms with Crippen molar-refractivity contribution in [1.82, 2.24) is 0 Å². The van der Waals surface area contributed by atoms with Gasteiger partial charge in [-0.15, -0.1) is 11.3 Å².